The van der Waals surface area contributed by atoms with E-state index in [1.165, 1.54) is 13.7 Å². The molecule has 0 unspecified atom stereocenters. The Morgan fingerprint density at radius 2 is 2.40 bits per heavy atom. The SMILES string of the molecule is [B]B=BOI. The molecule has 0 aliphatic heterocycles. The average molecular weight is 175 g/mol. The zero-order valence-electron chi connectivity index (χ0n) is 2.52. The Morgan fingerprint density at radius 1 is 1.80 bits per heavy atom. The van der Waals surface area contributed by atoms with E-state index in [9.17, 15) is 0 Å². The van der Waals surface area contributed by atoms with Crippen molar-refractivity contribution < 1.29 is 2.98 Å². The molecular weight excluding hydrogens is 175 g/mol. The predicted molar refractivity (Wildman–Crippen MR) is 32.4 cm³/mol. The quantitative estimate of drug-likeness (QED) is 0.392. The third kappa shape index (κ3) is 4.72. The molecule has 0 saturated carbocycles. The van der Waals surface area contributed by atoms with Crippen molar-refractivity contribution in [3.63, 3.8) is 0 Å². The third-order valence-electron chi connectivity index (χ3n) is 0.130. The van der Waals surface area contributed by atoms with Gasteiger partial charge in [-0.1, -0.05) is 0 Å². The van der Waals surface area contributed by atoms with Crippen LogP contribution >= 0.6 is 23.0 Å². The topological polar surface area (TPSA) is 9.23 Å². The van der Waals surface area contributed by atoms with Crippen LogP contribution in [0.25, 0.3) is 0 Å². The van der Waals surface area contributed by atoms with Crippen molar-refractivity contribution in [1.82, 2.24) is 0 Å². The van der Waals surface area contributed by atoms with Gasteiger partial charge in [0.2, 0.25) is 0 Å². The molecule has 0 aliphatic carbocycles. The number of hydrogen-bond donors (Lipinski definition) is 0. The van der Waals surface area contributed by atoms with Crippen LogP contribution in [0.3, 0.4) is 0 Å². The molecule has 0 N–H and O–H groups in total. The van der Waals surface area contributed by atoms with E-state index in [4.69, 9.17) is 7.74 Å². The first kappa shape index (κ1) is 5.72. The van der Waals surface area contributed by atoms with E-state index >= 15 is 0 Å². The first-order valence-corrected chi connectivity index (χ1v) is 1.94. The minimum absolute atomic E-state index is 1.33. The molecular formula is B3IO. The van der Waals surface area contributed by atoms with Crippen LogP contribution in [0.4, 0.5) is 0 Å². The van der Waals surface area contributed by atoms with Crippen molar-refractivity contribution in [3.8, 4) is 0 Å². The molecule has 1 nitrogen and oxygen atoms in total. The summed E-state index contributed by atoms with van der Waals surface area (Å²) in [7, 11) is 6.22. The Kier molecular flexibility index (Phi) is 5.41. The molecule has 0 heterocycles. The van der Waals surface area contributed by atoms with E-state index in [2.05, 4.69) is 2.98 Å². The van der Waals surface area contributed by atoms with Gasteiger partial charge in [0.25, 0.3) is 0 Å². The number of halogens is 1. The summed E-state index contributed by atoms with van der Waals surface area (Å²) < 4.78 is 4.36. The maximum atomic E-state index is 4.83. The van der Waals surface area contributed by atoms with Crippen LogP contribution in [0, 0.1) is 0 Å². The van der Waals surface area contributed by atoms with Gasteiger partial charge in [0.15, 0.2) is 0 Å². The minimum atomic E-state index is 1.33. The zero-order chi connectivity index (χ0) is 4.12. The molecule has 0 aromatic carbocycles. The van der Waals surface area contributed by atoms with Gasteiger partial charge in [-0.15, -0.1) is 0 Å². The molecule has 0 aromatic rings. The predicted octanol–water partition coefficient (Wildman–Crippen LogP) is -0.325. The molecule has 0 aromatic heterocycles. The van der Waals surface area contributed by atoms with Crippen LogP contribution in [0.2, 0.25) is 0 Å². The Morgan fingerprint density at radius 3 is 2.40 bits per heavy atom. The molecule has 0 atom stereocenters. The van der Waals surface area contributed by atoms with Gasteiger partial charge in [-0.05, 0) is 0 Å². The van der Waals surface area contributed by atoms with E-state index in [-0.39, 0.29) is 0 Å². The summed E-state index contributed by atoms with van der Waals surface area (Å²) in [5.74, 6) is 0. The molecule has 0 aliphatic rings. The van der Waals surface area contributed by atoms with E-state index in [0.29, 0.717) is 0 Å². The molecule has 0 spiro atoms. The number of rotatable bonds is 1. The fourth-order valence-corrected chi connectivity index (χ4v) is 0.199. The summed E-state index contributed by atoms with van der Waals surface area (Å²) in [4.78, 5) is 0. The van der Waals surface area contributed by atoms with Crippen molar-refractivity contribution in [2.45, 2.75) is 0 Å². The second-order valence-electron chi connectivity index (χ2n) is 0.418. The average Bonchev–Trinajstić information content (AvgIpc) is 1.41. The van der Waals surface area contributed by atoms with E-state index in [0.717, 1.165) is 0 Å². The van der Waals surface area contributed by atoms with Gasteiger partial charge in [-0.2, -0.15) is 0 Å². The summed E-state index contributed by atoms with van der Waals surface area (Å²) >= 11 is 1.72. The summed E-state index contributed by atoms with van der Waals surface area (Å²) in [6.07, 6.45) is 0. The molecule has 5 heteroatoms. The van der Waals surface area contributed by atoms with Crippen LogP contribution in [0.1, 0.15) is 0 Å². The van der Waals surface area contributed by atoms with Crippen molar-refractivity contribution >= 4 is 44.4 Å². The number of hydrogen-bond acceptors (Lipinski definition) is 1. The van der Waals surface area contributed by atoms with E-state index in [1.807, 2.05) is 0 Å². The normalized spacial score (nSPS) is 5.80. The van der Waals surface area contributed by atoms with Crippen molar-refractivity contribution in [2.24, 2.45) is 0 Å². The van der Waals surface area contributed by atoms with E-state index < -0.39 is 0 Å². The molecule has 2 radical (unpaired) electrons. The maximum absolute atomic E-state index is 4.83. The molecule has 0 amide bonds. The molecule has 0 saturated heterocycles. The van der Waals surface area contributed by atoms with Crippen molar-refractivity contribution in [1.29, 1.82) is 0 Å². The fourth-order valence-electron chi connectivity index (χ4n) is 0.0297. The second-order valence-corrected chi connectivity index (χ2v) is 0.926. The molecule has 22 valence electrons. The molecule has 0 rings (SSSR count). The van der Waals surface area contributed by atoms with Crippen LogP contribution in [-0.4, -0.2) is 21.4 Å². The summed E-state index contributed by atoms with van der Waals surface area (Å²) in [5.41, 5.74) is 0. The van der Waals surface area contributed by atoms with Gasteiger partial charge in [-0.25, -0.2) is 0 Å². The first-order valence-electron chi connectivity index (χ1n) is 1.06. The summed E-state index contributed by atoms with van der Waals surface area (Å²) in [6, 6.07) is 0. The van der Waals surface area contributed by atoms with Gasteiger partial charge in [0.05, 0.1) is 0 Å². The monoisotopic (exact) mass is 176 g/mol. The zero-order valence-corrected chi connectivity index (χ0v) is 4.68. The second kappa shape index (κ2) is 4.72. The fraction of sp³-hybridized carbons (Fsp3) is 0. The van der Waals surface area contributed by atoms with Gasteiger partial charge in [0, 0.05) is 0 Å². The first-order chi connectivity index (χ1) is 2.41. The van der Waals surface area contributed by atoms with Crippen LogP contribution in [-0.2, 0) is 2.98 Å². The Balaban J connectivity index is 2.62. The van der Waals surface area contributed by atoms with Gasteiger partial charge in [-0.3, -0.25) is 0 Å². The summed E-state index contributed by atoms with van der Waals surface area (Å²) in [5, 5.41) is 0. The van der Waals surface area contributed by atoms with Gasteiger partial charge in [0.1, 0.15) is 0 Å². The van der Waals surface area contributed by atoms with Gasteiger partial charge < -0.3 is 0 Å². The molecule has 0 bridgehead atoms. The Bertz CT molecular complexity index is 33.9. The van der Waals surface area contributed by atoms with Crippen LogP contribution in [0.15, 0.2) is 0 Å². The van der Waals surface area contributed by atoms with Crippen molar-refractivity contribution in [2.75, 3.05) is 0 Å². The standard InChI is InChI=1S/B3IO/c1-2-3-5-4. The van der Waals surface area contributed by atoms with Crippen molar-refractivity contribution in [3.05, 3.63) is 0 Å². The Labute approximate surface area is 47.7 Å². The summed E-state index contributed by atoms with van der Waals surface area (Å²) in [6.45, 7) is 1.33. The molecule has 5 heavy (non-hydrogen) atoms. The Hall–Kier alpha value is 0.725. The van der Waals surface area contributed by atoms with Crippen LogP contribution in [0.5, 0.6) is 0 Å². The molecule has 0 fully saturated rings. The van der Waals surface area contributed by atoms with E-state index in [1.54, 1.807) is 23.0 Å². The van der Waals surface area contributed by atoms with Crippen LogP contribution < -0.4 is 0 Å². The third-order valence-corrected chi connectivity index (χ3v) is 0.424. The van der Waals surface area contributed by atoms with Gasteiger partial charge >= 0.3 is 47.4 Å².